The second-order valence-corrected chi connectivity index (χ2v) is 7.21. The van der Waals surface area contributed by atoms with E-state index >= 15 is 0 Å². The minimum atomic E-state index is -0.0454. The van der Waals surface area contributed by atoms with Gasteiger partial charge in [0.15, 0.2) is 0 Å². The van der Waals surface area contributed by atoms with Crippen molar-refractivity contribution >= 4 is 17.5 Å². The van der Waals surface area contributed by atoms with Gasteiger partial charge in [-0.1, -0.05) is 12.8 Å². The fourth-order valence-electron chi connectivity index (χ4n) is 3.26. The summed E-state index contributed by atoms with van der Waals surface area (Å²) in [5.74, 6) is 0.230. The van der Waals surface area contributed by atoms with Crippen LogP contribution in [-0.4, -0.2) is 42.9 Å². The predicted octanol–water partition coefficient (Wildman–Crippen LogP) is 3.03. The highest BCUT2D eigenvalue weighted by molar-refractivity contribution is 5.96. The van der Waals surface area contributed by atoms with Crippen LogP contribution in [0.2, 0.25) is 0 Å². The van der Waals surface area contributed by atoms with Gasteiger partial charge in [-0.3, -0.25) is 9.59 Å². The molecule has 2 aliphatic rings. The maximum Gasteiger partial charge on any atom is 0.251 e. The number of likely N-dealkylation sites (tertiary alicyclic amines) is 1. The zero-order chi connectivity index (χ0) is 17.5. The monoisotopic (exact) mass is 343 g/mol. The molecule has 2 fully saturated rings. The lowest BCUT2D eigenvalue weighted by molar-refractivity contribution is -0.117. The van der Waals surface area contributed by atoms with Gasteiger partial charge in [-0.2, -0.15) is 0 Å². The standard InChI is InChI=1S/C20H29N3O2/c24-19(21-12-5-15-23-13-3-1-2-4-14-23)16-8-10-18(11-9-16)22-20(25)17-6-7-17/h8-11,17H,1-7,12-15H2,(H,21,24)(H,22,25). The minimum Gasteiger partial charge on any atom is -0.352 e. The zero-order valence-corrected chi connectivity index (χ0v) is 14.9. The molecule has 136 valence electrons. The van der Waals surface area contributed by atoms with Crippen molar-refractivity contribution in [1.82, 2.24) is 10.2 Å². The summed E-state index contributed by atoms with van der Waals surface area (Å²) in [6.07, 6.45) is 8.27. The van der Waals surface area contributed by atoms with Gasteiger partial charge in [0.25, 0.3) is 5.91 Å². The van der Waals surface area contributed by atoms with Crippen LogP contribution in [0.5, 0.6) is 0 Å². The van der Waals surface area contributed by atoms with Crippen molar-refractivity contribution in [2.24, 2.45) is 5.92 Å². The molecule has 5 nitrogen and oxygen atoms in total. The third-order valence-corrected chi connectivity index (χ3v) is 5.00. The molecule has 0 bridgehead atoms. The number of hydrogen-bond acceptors (Lipinski definition) is 3. The first-order chi connectivity index (χ1) is 12.2. The summed E-state index contributed by atoms with van der Waals surface area (Å²) in [6, 6.07) is 7.14. The van der Waals surface area contributed by atoms with Crippen LogP contribution in [0.3, 0.4) is 0 Å². The Bertz CT molecular complexity index is 573. The van der Waals surface area contributed by atoms with E-state index in [1.807, 2.05) is 0 Å². The van der Waals surface area contributed by atoms with E-state index in [0.29, 0.717) is 12.1 Å². The largest absolute Gasteiger partial charge is 0.352 e. The van der Waals surface area contributed by atoms with E-state index in [2.05, 4.69) is 15.5 Å². The van der Waals surface area contributed by atoms with Gasteiger partial charge < -0.3 is 15.5 Å². The Morgan fingerprint density at radius 2 is 1.68 bits per heavy atom. The molecule has 1 aliphatic carbocycles. The molecule has 1 saturated heterocycles. The average molecular weight is 343 g/mol. The molecule has 0 spiro atoms. The lowest BCUT2D eigenvalue weighted by atomic mass is 10.2. The average Bonchev–Trinajstić information content (AvgIpc) is 3.46. The molecule has 0 atom stereocenters. The van der Waals surface area contributed by atoms with Gasteiger partial charge in [0.05, 0.1) is 0 Å². The van der Waals surface area contributed by atoms with E-state index in [1.54, 1.807) is 24.3 Å². The molecule has 1 saturated carbocycles. The van der Waals surface area contributed by atoms with Crippen LogP contribution >= 0.6 is 0 Å². The first-order valence-electron chi connectivity index (χ1n) is 9.64. The molecule has 3 rings (SSSR count). The lowest BCUT2D eigenvalue weighted by Gasteiger charge is -2.19. The highest BCUT2D eigenvalue weighted by Crippen LogP contribution is 2.30. The van der Waals surface area contributed by atoms with E-state index in [-0.39, 0.29) is 17.7 Å². The molecule has 1 aliphatic heterocycles. The second kappa shape index (κ2) is 8.99. The van der Waals surface area contributed by atoms with Crippen molar-refractivity contribution in [1.29, 1.82) is 0 Å². The second-order valence-electron chi connectivity index (χ2n) is 7.21. The molecule has 5 heteroatoms. The Morgan fingerprint density at radius 3 is 2.32 bits per heavy atom. The SMILES string of the molecule is O=C(NCCCN1CCCCCC1)c1ccc(NC(=O)C2CC2)cc1. The van der Waals surface area contributed by atoms with Gasteiger partial charge in [0, 0.05) is 23.7 Å². The number of nitrogens with zero attached hydrogens (tertiary/aromatic N) is 1. The van der Waals surface area contributed by atoms with Crippen LogP contribution in [0.25, 0.3) is 0 Å². The van der Waals surface area contributed by atoms with Crippen LogP contribution in [-0.2, 0) is 4.79 Å². The number of amides is 2. The first-order valence-corrected chi connectivity index (χ1v) is 9.64. The van der Waals surface area contributed by atoms with E-state index < -0.39 is 0 Å². The number of anilines is 1. The molecule has 0 unspecified atom stereocenters. The summed E-state index contributed by atoms with van der Waals surface area (Å²) < 4.78 is 0. The minimum absolute atomic E-state index is 0.0454. The Kier molecular flexibility index (Phi) is 6.45. The summed E-state index contributed by atoms with van der Waals surface area (Å²) in [7, 11) is 0. The van der Waals surface area contributed by atoms with E-state index in [1.165, 1.54) is 38.8 Å². The molecule has 25 heavy (non-hydrogen) atoms. The topological polar surface area (TPSA) is 61.4 Å². The van der Waals surface area contributed by atoms with E-state index in [4.69, 9.17) is 0 Å². The van der Waals surface area contributed by atoms with Crippen molar-refractivity contribution in [3.63, 3.8) is 0 Å². The van der Waals surface area contributed by atoms with E-state index in [0.717, 1.165) is 31.5 Å². The Hall–Kier alpha value is -1.88. The zero-order valence-electron chi connectivity index (χ0n) is 14.9. The van der Waals surface area contributed by atoms with Crippen molar-refractivity contribution in [2.45, 2.75) is 44.9 Å². The van der Waals surface area contributed by atoms with Crippen LogP contribution in [0.1, 0.15) is 55.3 Å². The fraction of sp³-hybridized carbons (Fsp3) is 0.600. The lowest BCUT2D eigenvalue weighted by Crippen LogP contribution is -2.30. The molecule has 2 N–H and O–H groups in total. The summed E-state index contributed by atoms with van der Waals surface area (Å²) in [4.78, 5) is 26.4. The normalized spacial score (nSPS) is 18.4. The van der Waals surface area contributed by atoms with Gasteiger partial charge >= 0.3 is 0 Å². The van der Waals surface area contributed by atoms with Crippen LogP contribution in [0.4, 0.5) is 5.69 Å². The van der Waals surface area contributed by atoms with Crippen molar-refractivity contribution in [3.8, 4) is 0 Å². The highest BCUT2D eigenvalue weighted by Gasteiger charge is 2.29. The maximum absolute atomic E-state index is 12.2. The molecular formula is C20H29N3O2. The molecule has 0 aromatic heterocycles. The van der Waals surface area contributed by atoms with Gasteiger partial charge in [-0.25, -0.2) is 0 Å². The van der Waals surface area contributed by atoms with Crippen molar-refractivity contribution in [3.05, 3.63) is 29.8 Å². The number of hydrogen-bond donors (Lipinski definition) is 2. The Balaban J connectivity index is 1.36. The van der Waals surface area contributed by atoms with Gasteiger partial charge in [0.1, 0.15) is 0 Å². The summed E-state index contributed by atoms with van der Waals surface area (Å²) in [6.45, 7) is 4.16. The summed E-state index contributed by atoms with van der Waals surface area (Å²) in [5.41, 5.74) is 1.40. The van der Waals surface area contributed by atoms with Crippen molar-refractivity contribution in [2.75, 3.05) is 31.5 Å². The Labute approximate surface area is 150 Å². The van der Waals surface area contributed by atoms with Crippen molar-refractivity contribution < 1.29 is 9.59 Å². The quantitative estimate of drug-likeness (QED) is 0.748. The smallest absolute Gasteiger partial charge is 0.251 e. The first kappa shape index (κ1) is 17.9. The van der Waals surface area contributed by atoms with Crippen LogP contribution < -0.4 is 10.6 Å². The highest BCUT2D eigenvalue weighted by atomic mass is 16.2. The van der Waals surface area contributed by atoms with Crippen LogP contribution in [0, 0.1) is 5.92 Å². The number of rotatable bonds is 7. The molecule has 2 amide bonds. The van der Waals surface area contributed by atoms with Gasteiger partial charge in [-0.15, -0.1) is 0 Å². The van der Waals surface area contributed by atoms with Gasteiger partial charge in [-0.05, 0) is 76.0 Å². The van der Waals surface area contributed by atoms with Gasteiger partial charge in [0.2, 0.25) is 5.91 Å². The number of carbonyl (C=O) groups is 2. The number of carbonyl (C=O) groups excluding carboxylic acids is 2. The Morgan fingerprint density at radius 1 is 1.00 bits per heavy atom. The summed E-state index contributed by atoms with van der Waals surface area (Å²) >= 11 is 0. The number of benzene rings is 1. The van der Waals surface area contributed by atoms with Crippen LogP contribution in [0.15, 0.2) is 24.3 Å². The maximum atomic E-state index is 12.2. The fourth-order valence-corrected chi connectivity index (χ4v) is 3.26. The molecule has 0 radical (unpaired) electrons. The molecule has 1 heterocycles. The summed E-state index contributed by atoms with van der Waals surface area (Å²) in [5, 5.41) is 5.88. The third kappa shape index (κ3) is 5.85. The third-order valence-electron chi connectivity index (χ3n) is 5.00. The number of nitrogens with one attached hydrogen (secondary N) is 2. The van der Waals surface area contributed by atoms with E-state index in [9.17, 15) is 9.59 Å². The predicted molar refractivity (Wildman–Crippen MR) is 99.7 cm³/mol. The molecule has 1 aromatic carbocycles. The molecule has 1 aromatic rings. The molecular weight excluding hydrogens is 314 g/mol.